The van der Waals surface area contributed by atoms with Crippen molar-refractivity contribution in [2.75, 3.05) is 6.61 Å². The number of para-hydroxylation sites is 1. The summed E-state index contributed by atoms with van der Waals surface area (Å²) in [6, 6.07) is 15.2. The van der Waals surface area contributed by atoms with Crippen molar-refractivity contribution in [3.05, 3.63) is 71.4 Å². The Labute approximate surface area is 151 Å². The molecule has 0 saturated heterocycles. The Bertz CT molecular complexity index is 968. The Kier molecular flexibility index (Phi) is 4.05. The van der Waals surface area contributed by atoms with Gasteiger partial charge in [0.25, 0.3) is 0 Å². The predicted molar refractivity (Wildman–Crippen MR) is 98.8 cm³/mol. The smallest absolute Gasteiger partial charge is 0.364 e. The first kappa shape index (κ1) is 16.1. The number of benzene rings is 2. The summed E-state index contributed by atoms with van der Waals surface area (Å²) in [7, 11) is 0. The van der Waals surface area contributed by atoms with Crippen LogP contribution in [0.15, 0.2) is 65.3 Å². The molecular formula is C21H17NO4. The van der Waals surface area contributed by atoms with Crippen molar-refractivity contribution in [2.24, 2.45) is 4.99 Å². The van der Waals surface area contributed by atoms with Gasteiger partial charge in [-0.15, -0.1) is 0 Å². The summed E-state index contributed by atoms with van der Waals surface area (Å²) >= 11 is 0. The molecule has 26 heavy (non-hydrogen) atoms. The lowest BCUT2D eigenvalue weighted by atomic mass is 9.97. The van der Waals surface area contributed by atoms with E-state index in [0.29, 0.717) is 35.3 Å². The van der Waals surface area contributed by atoms with Crippen LogP contribution in [0.3, 0.4) is 0 Å². The molecule has 0 radical (unpaired) electrons. The standard InChI is InChI=1S/C21H17NO4/c1-3-24-15-10-8-14(9-11-15)19-12-17(20-21(23)25-13(2)22-20)16-6-4-5-7-18(16)26-19/h4-12H,3H2,1-2H3/b20-17-. The largest absolute Gasteiger partial charge is 0.494 e. The third-order valence-corrected chi connectivity index (χ3v) is 4.08. The first-order valence-corrected chi connectivity index (χ1v) is 8.39. The van der Waals surface area contributed by atoms with Crippen LogP contribution in [0.2, 0.25) is 0 Å². The molecule has 2 aliphatic rings. The van der Waals surface area contributed by atoms with Gasteiger partial charge in [-0.3, -0.25) is 0 Å². The Morgan fingerprint density at radius 1 is 1.04 bits per heavy atom. The van der Waals surface area contributed by atoms with Gasteiger partial charge < -0.3 is 14.2 Å². The van der Waals surface area contributed by atoms with Crippen molar-refractivity contribution in [2.45, 2.75) is 13.8 Å². The molecule has 5 nitrogen and oxygen atoms in total. The quantitative estimate of drug-likeness (QED) is 0.617. The molecule has 0 aliphatic carbocycles. The Balaban J connectivity index is 1.82. The molecule has 0 atom stereocenters. The van der Waals surface area contributed by atoms with Gasteiger partial charge in [-0.1, -0.05) is 18.2 Å². The van der Waals surface area contributed by atoms with Crippen LogP contribution in [-0.4, -0.2) is 18.5 Å². The number of cyclic esters (lactones) is 1. The molecule has 4 rings (SSSR count). The predicted octanol–water partition coefficient (Wildman–Crippen LogP) is 4.21. The summed E-state index contributed by atoms with van der Waals surface area (Å²) in [5, 5.41) is 0. The number of rotatable bonds is 3. The third kappa shape index (κ3) is 2.88. The number of ether oxygens (including phenoxy) is 3. The number of aliphatic imine (C=N–C) groups is 1. The zero-order valence-corrected chi connectivity index (χ0v) is 14.5. The average Bonchev–Trinajstić information content (AvgIpc) is 3.00. The van der Waals surface area contributed by atoms with Gasteiger partial charge in [0.05, 0.1) is 6.61 Å². The summed E-state index contributed by atoms with van der Waals surface area (Å²) in [6.07, 6.45) is 1.83. The fraction of sp³-hybridized carbons (Fsp3) is 0.143. The second kappa shape index (κ2) is 6.52. The number of nitrogens with zero attached hydrogens (tertiary/aromatic N) is 1. The first-order chi connectivity index (χ1) is 12.7. The van der Waals surface area contributed by atoms with Gasteiger partial charge >= 0.3 is 5.97 Å². The molecule has 130 valence electrons. The van der Waals surface area contributed by atoms with E-state index in [1.165, 1.54) is 0 Å². The highest BCUT2D eigenvalue weighted by Crippen LogP contribution is 2.39. The lowest BCUT2D eigenvalue weighted by Crippen LogP contribution is -2.07. The van der Waals surface area contributed by atoms with Crippen molar-refractivity contribution < 1.29 is 19.0 Å². The van der Waals surface area contributed by atoms with Gasteiger partial charge in [0, 0.05) is 23.6 Å². The van der Waals surface area contributed by atoms with E-state index in [2.05, 4.69) is 4.99 Å². The number of hydrogen-bond donors (Lipinski definition) is 0. The average molecular weight is 347 g/mol. The monoisotopic (exact) mass is 347 g/mol. The minimum Gasteiger partial charge on any atom is -0.494 e. The van der Waals surface area contributed by atoms with Crippen LogP contribution < -0.4 is 9.47 Å². The molecule has 5 heteroatoms. The fourth-order valence-electron chi connectivity index (χ4n) is 2.93. The summed E-state index contributed by atoms with van der Waals surface area (Å²) in [4.78, 5) is 16.4. The van der Waals surface area contributed by atoms with E-state index in [1.807, 2.05) is 61.5 Å². The van der Waals surface area contributed by atoms with Crippen LogP contribution in [0.5, 0.6) is 11.5 Å². The van der Waals surface area contributed by atoms with E-state index in [4.69, 9.17) is 14.2 Å². The number of esters is 1. The maximum Gasteiger partial charge on any atom is 0.364 e. The molecular weight excluding hydrogens is 330 g/mol. The first-order valence-electron chi connectivity index (χ1n) is 8.39. The van der Waals surface area contributed by atoms with Crippen LogP contribution >= 0.6 is 0 Å². The van der Waals surface area contributed by atoms with Crippen molar-refractivity contribution in [1.29, 1.82) is 0 Å². The van der Waals surface area contributed by atoms with Gasteiger partial charge in [-0.25, -0.2) is 9.79 Å². The molecule has 0 spiro atoms. The Morgan fingerprint density at radius 2 is 1.81 bits per heavy atom. The van der Waals surface area contributed by atoms with Gasteiger partial charge in [-0.2, -0.15) is 0 Å². The molecule has 0 N–H and O–H groups in total. The van der Waals surface area contributed by atoms with Crippen LogP contribution in [0.25, 0.3) is 11.3 Å². The lowest BCUT2D eigenvalue weighted by molar-refractivity contribution is -0.130. The number of carbonyl (C=O) groups excluding carboxylic acids is 1. The summed E-state index contributed by atoms with van der Waals surface area (Å²) < 4.78 is 16.6. The maximum absolute atomic E-state index is 12.2. The van der Waals surface area contributed by atoms with Crippen molar-refractivity contribution in [3.8, 4) is 11.5 Å². The molecule has 0 bridgehead atoms. The highest BCUT2D eigenvalue weighted by molar-refractivity contribution is 6.11. The van der Waals surface area contributed by atoms with E-state index in [-0.39, 0.29) is 0 Å². The second-order valence-electron chi connectivity index (χ2n) is 5.85. The zero-order chi connectivity index (χ0) is 18.1. The van der Waals surface area contributed by atoms with Crippen LogP contribution in [0, 0.1) is 0 Å². The molecule has 0 unspecified atom stereocenters. The van der Waals surface area contributed by atoms with Crippen molar-refractivity contribution in [3.63, 3.8) is 0 Å². The molecule has 2 heterocycles. The van der Waals surface area contributed by atoms with Crippen molar-refractivity contribution >= 4 is 23.2 Å². The number of carbonyl (C=O) groups is 1. The number of fused-ring (bicyclic) bond motifs is 1. The zero-order valence-electron chi connectivity index (χ0n) is 14.5. The van der Waals surface area contributed by atoms with Crippen LogP contribution in [0.4, 0.5) is 0 Å². The molecule has 0 saturated carbocycles. The highest BCUT2D eigenvalue weighted by Gasteiger charge is 2.28. The van der Waals surface area contributed by atoms with Crippen molar-refractivity contribution in [1.82, 2.24) is 0 Å². The Morgan fingerprint density at radius 3 is 2.50 bits per heavy atom. The van der Waals surface area contributed by atoms with Gasteiger partial charge in [0.15, 0.2) is 11.6 Å². The molecule has 0 aromatic heterocycles. The lowest BCUT2D eigenvalue weighted by Gasteiger charge is -2.21. The van der Waals surface area contributed by atoms with E-state index < -0.39 is 5.97 Å². The Hall–Kier alpha value is -3.34. The van der Waals surface area contributed by atoms with Gasteiger partial charge in [0.2, 0.25) is 0 Å². The van der Waals surface area contributed by atoms with Gasteiger partial charge in [0.1, 0.15) is 17.3 Å². The molecule has 2 aromatic carbocycles. The molecule has 0 amide bonds. The number of hydrogen-bond acceptors (Lipinski definition) is 5. The maximum atomic E-state index is 12.2. The summed E-state index contributed by atoms with van der Waals surface area (Å²) in [5.41, 5.74) is 2.68. The van der Waals surface area contributed by atoms with Crippen LogP contribution in [0.1, 0.15) is 25.0 Å². The third-order valence-electron chi connectivity index (χ3n) is 4.08. The van der Waals surface area contributed by atoms with Crippen LogP contribution in [-0.2, 0) is 9.53 Å². The second-order valence-corrected chi connectivity index (χ2v) is 5.85. The van der Waals surface area contributed by atoms with E-state index >= 15 is 0 Å². The van der Waals surface area contributed by atoms with E-state index in [0.717, 1.165) is 16.9 Å². The normalized spacial score (nSPS) is 18.5. The topological polar surface area (TPSA) is 57.1 Å². The fourth-order valence-corrected chi connectivity index (χ4v) is 2.93. The van der Waals surface area contributed by atoms with Gasteiger partial charge in [-0.05, 0) is 43.3 Å². The number of allylic oxidation sites excluding steroid dienone is 2. The minimum absolute atomic E-state index is 0.293. The minimum atomic E-state index is -0.448. The molecule has 0 fully saturated rings. The van der Waals surface area contributed by atoms with E-state index in [9.17, 15) is 4.79 Å². The van der Waals surface area contributed by atoms with E-state index in [1.54, 1.807) is 6.92 Å². The molecule has 2 aliphatic heterocycles. The SMILES string of the molecule is CCOc1ccc(C2=C/C(=C3/N=C(C)OC3=O)c3ccccc3O2)cc1. The highest BCUT2D eigenvalue weighted by atomic mass is 16.6. The molecule has 2 aromatic rings. The summed E-state index contributed by atoms with van der Waals surface area (Å²) in [6.45, 7) is 4.22. The summed E-state index contributed by atoms with van der Waals surface area (Å²) in [5.74, 6) is 2.01.